The van der Waals surface area contributed by atoms with E-state index in [1.807, 2.05) is 0 Å². The Morgan fingerprint density at radius 1 is 1.12 bits per heavy atom. The Hall–Kier alpha value is -0.340. The quantitative estimate of drug-likeness (QED) is 0.689. The zero-order valence-electron chi connectivity index (χ0n) is 10.6. The number of ether oxygens (including phenoxy) is 1. The monoisotopic (exact) mass is 282 g/mol. The van der Waals surface area contributed by atoms with Crippen LogP contribution >= 0.6 is 15.9 Å². The first-order valence-electron chi connectivity index (χ1n) is 5.69. The summed E-state index contributed by atoms with van der Waals surface area (Å²) in [6, 6.07) is 4.51. The smallest absolute Gasteiger partial charge is 0.0878 e. The highest BCUT2D eigenvalue weighted by atomic mass is 79.9. The maximum absolute atomic E-state index is 5.99. The molecule has 1 heterocycles. The van der Waals surface area contributed by atoms with Gasteiger partial charge in [-0.25, -0.2) is 0 Å². The van der Waals surface area contributed by atoms with E-state index in [0.717, 1.165) is 6.61 Å². The van der Waals surface area contributed by atoms with Crippen molar-refractivity contribution in [2.24, 2.45) is 0 Å². The Bertz CT molecular complexity index is 392. The van der Waals surface area contributed by atoms with Crippen molar-refractivity contribution < 1.29 is 4.74 Å². The third-order valence-electron chi connectivity index (χ3n) is 3.47. The van der Waals surface area contributed by atoms with Crippen LogP contribution in [0.1, 0.15) is 44.4 Å². The van der Waals surface area contributed by atoms with Crippen LogP contribution in [0.25, 0.3) is 0 Å². The number of fused-ring (bicyclic) bond motifs is 1. The Morgan fingerprint density at radius 2 is 1.75 bits per heavy atom. The molecule has 1 aromatic carbocycles. The molecule has 0 aromatic heterocycles. The first kappa shape index (κ1) is 12.1. The molecule has 2 heteroatoms. The van der Waals surface area contributed by atoms with E-state index in [0.29, 0.717) is 0 Å². The molecule has 0 unspecified atom stereocenters. The highest BCUT2D eigenvalue weighted by molar-refractivity contribution is 9.10. The number of hydrogen-bond acceptors (Lipinski definition) is 1. The molecule has 1 aliphatic heterocycles. The van der Waals surface area contributed by atoms with Crippen LogP contribution in [0.2, 0.25) is 0 Å². The molecule has 1 aromatic rings. The first-order chi connectivity index (χ1) is 7.24. The van der Waals surface area contributed by atoms with E-state index in [2.05, 4.69) is 62.7 Å². The van der Waals surface area contributed by atoms with Crippen LogP contribution in [-0.2, 0) is 15.8 Å². The van der Waals surface area contributed by atoms with Crippen LogP contribution in [0.4, 0.5) is 0 Å². The maximum atomic E-state index is 5.99. The minimum absolute atomic E-state index is 0.0983. The van der Waals surface area contributed by atoms with E-state index in [4.69, 9.17) is 4.74 Å². The lowest BCUT2D eigenvalue weighted by molar-refractivity contribution is -0.0588. The van der Waals surface area contributed by atoms with Gasteiger partial charge in [-0.05, 0) is 43.5 Å². The van der Waals surface area contributed by atoms with E-state index in [-0.39, 0.29) is 11.0 Å². The topological polar surface area (TPSA) is 9.23 Å². The molecule has 0 atom stereocenters. The standard InChI is InChI=1S/C14H19BrO/c1-9-6-11-10(7-12(9)15)13(2,3)8-16-14(11,4)5/h6-7H,8H2,1-5H3. The molecule has 0 aliphatic carbocycles. The van der Waals surface area contributed by atoms with E-state index in [1.165, 1.54) is 21.2 Å². The fourth-order valence-electron chi connectivity index (χ4n) is 2.26. The SMILES string of the molecule is Cc1cc2c(cc1Br)C(C)(C)COC2(C)C. The van der Waals surface area contributed by atoms with Crippen molar-refractivity contribution in [2.75, 3.05) is 6.61 Å². The van der Waals surface area contributed by atoms with Gasteiger partial charge in [-0.2, -0.15) is 0 Å². The average molecular weight is 283 g/mol. The van der Waals surface area contributed by atoms with E-state index in [1.54, 1.807) is 0 Å². The highest BCUT2D eigenvalue weighted by Crippen LogP contribution is 2.42. The molecular formula is C14H19BrO. The molecule has 0 saturated carbocycles. The molecule has 16 heavy (non-hydrogen) atoms. The summed E-state index contributed by atoms with van der Waals surface area (Å²) in [5.74, 6) is 0. The lowest BCUT2D eigenvalue weighted by atomic mass is 9.75. The zero-order chi connectivity index (χ0) is 12.1. The van der Waals surface area contributed by atoms with Gasteiger partial charge in [0, 0.05) is 9.89 Å². The largest absolute Gasteiger partial charge is 0.370 e. The van der Waals surface area contributed by atoms with Crippen molar-refractivity contribution in [1.82, 2.24) is 0 Å². The molecule has 0 spiro atoms. The predicted molar refractivity (Wildman–Crippen MR) is 70.9 cm³/mol. The Morgan fingerprint density at radius 3 is 2.38 bits per heavy atom. The van der Waals surface area contributed by atoms with Crippen molar-refractivity contribution in [2.45, 2.75) is 45.6 Å². The van der Waals surface area contributed by atoms with Crippen LogP contribution in [0, 0.1) is 6.92 Å². The third-order valence-corrected chi connectivity index (χ3v) is 4.32. The van der Waals surface area contributed by atoms with E-state index >= 15 is 0 Å². The molecule has 1 nitrogen and oxygen atoms in total. The lowest BCUT2D eigenvalue weighted by Gasteiger charge is -2.42. The molecule has 0 fully saturated rings. The number of halogens is 1. The van der Waals surface area contributed by atoms with Crippen LogP contribution < -0.4 is 0 Å². The number of benzene rings is 1. The van der Waals surface area contributed by atoms with Crippen LogP contribution in [0.3, 0.4) is 0 Å². The van der Waals surface area contributed by atoms with Crippen LogP contribution in [-0.4, -0.2) is 6.61 Å². The molecule has 88 valence electrons. The Balaban J connectivity index is 2.70. The van der Waals surface area contributed by atoms with Gasteiger partial charge in [0.1, 0.15) is 0 Å². The summed E-state index contributed by atoms with van der Waals surface area (Å²) in [4.78, 5) is 0. The van der Waals surface area contributed by atoms with Crippen molar-refractivity contribution in [1.29, 1.82) is 0 Å². The summed E-state index contributed by atoms with van der Waals surface area (Å²) in [6.07, 6.45) is 0. The second kappa shape index (κ2) is 3.58. The normalized spacial score (nSPS) is 21.6. The van der Waals surface area contributed by atoms with Crippen LogP contribution in [0.15, 0.2) is 16.6 Å². The number of rotatable bonds is 0. The molecule has 2 rings (SSSR count). The third kappa shape index (κ3) is 1.82. The molecule has 0 radical (unpaired) electrons. The summed E-state index contributed by atoms with van der Waals surface area (Å²) in [7, 11) is 0. The molecule has 1 aliphatic rings. The number of hydrogen-bond donors (Lipinski definition) is 0. The minimum atomic E-state index is -0.170. The number of aryl methyl sites for hydroxylation is 1. The van der Waals surface area contributed by atoms with Gasteiger partial charge in [-0.15, -0.1) is 0 Å². The Labute approximate surface area is 106 Å². The summed E-state index contributed by atoms with van der Waals surface area (Å²) >= 11 is 3.62. The van der Waals surface area contributed by atoms with Crippen molar-refractivity contribution >= 4 is 15.9 Å². The van der Waals surface area contributed by atoms with E-state index in [9.17, 15) is 0 Å². The van der Waals surface area contributed by atoms with Gasteiger partial charge in [0.05, 0.1) is 12.2 Å². The molecule has 0 N–H and O–H groups in total. The lowest BCUT2D eigenvalue weighted by Crippen LogP contribution is -2.39. The first-order valence-corrected chi connectivity index (χ1v) is 6.48. The summed E-state index contributed by atoms with van der Waals surface area (Å²) in [5.41, 5.74) is 3.93. The van der Waals surface area contributed by atoms with Gasteiger partial charge in [-0.3, -0.25) is 0 Å². The molecule has 0 bridgehead atoms. The fourth-order valence-corrected chi connectivity index (χ4v) is 2.60. The summed E-state index contributed by atoms with van der Waals surface area (Å²) in [5, 5.41) is 0. The van der Waals surface area contributed by atoms with E-state index < -0.39 is 0 Å². The van der Waals surface area contributed by atoms with Gasteiger partial charge in [0.2, 0.25) is 0 Å². The maximum Gasteiger partial charge on any atom is 0.0878 e. The minimum Gasteiger partial charge on any atom is -0.370 e. The predicted octanol–water partition coefficient (Wildman–Crippen LogP) is 4.30. The van der Waals surface area contributed by atoms with Crippen LogP contribution in [0.5, 0.6) is 0 Å². The molecule has 0 amide bonds. The van der Waals surface area contributed by atoms with Gasteiger partial charge in [-0.1, -0.05) is 35.8 Å². The van der Waals surface area contributed by atoms with Gasteiger partial charge >= 0.3 is 0 Å². The Kier molecular flexibility index (Phi) is 2.71. The van der Waals surface area contributed by atoms with Gasteiger partial charge in [0.25, 0.3) is 0 Å². The van der Waals surface area contributed by atoms with Gasteiger partial charge in [0.15, 0.2) is 0 Å². The summed E-state index contributed by atoms with van der Waals surface area (Å²) < 4.78 is 7.18. The van der Waals surface area contributed by atoms with Crippen molar-refractivity contribution in [3.63, 3.8) is 0 Å². The van der Waals surface area contributed by atoms with Gasteiger partial charge < -0.3 is 4.74 Å². The molecule has 0 saturated heterocycles. The second-order valence-corrected chi connectivity index (χ2v) is 6.68. The fraction of sp³-hybridized carbons (Fsp3) is 0.571. The average Bonchev–Trinajstić information content (AvgIpc) is 2.17. The van der Waals surface area contributed by atoms with Crippen molar-refractivity contribution in [3.8, 4) is 0 Å². The summed E-state index contributed by atoms with van der Waals surface area (Å²) in [6.45, 7) is 11.7. The zero-order valence-corrected chi connectivity index (χ0v) is 12.2. The molecular weight excluding hydrogens is 264 g/mol. The highest BCUT2D eigenvalue weighted by Gasteiger charge is 2.38. The second-order valence-electron chi connectivity index (χ2n) is 5.83. The van der Waals surface area contributed by atoms with Crippen molar-refractivity contribution in [3.05, 3.63) is 33.3 Å².